The van der Waals surface area contributed by atoms with Crippen molar-refractivity contribution in [2.24, 2.45) is 0 Å². The normalized spacial score (nSPS) is 11.2. The summed E-state index contributed by atoms with van der Waals surface area (Å²) < 4.78 is 0. The van der Waals surface area contributed by atoms with Crippen LogP contribution in [0.2, 0.25) is 0 Å². The number of rotatable bonds is 8. The molecule has 1 aromatic rings. The monoisotopic (exact) mass is 250 g/mol. The van der Waals surface area contributed by atoms with Crippen LogP contribution in [-0.2, 0) is 13.0 Å². The first kappa shape index (κ1) is 15.1. The van der Waals surface area contributed by atoms with Gasteiger partial charge in [-0.05, 0) is 32.6 Å². The van der Waals surface area contributed by atoms with Crippen molar-refractivity contribution in [1.29, 1.82) is 0 Å². The summed E-state index contributed by atoms with van der Waals surface area (Å²) in [6, 6.07) is 2.06. The number of hydrogen-bond donors (Lipinski definition) is 1. The SMILES string of the molecule is CCNCc1cc(C)nc(CCN(CC)CC)n1. The van der Waals surface area contributed by atoms with Crippen LogP contribution >= 0.6 is 0 Å². The van der Waals surface area contributed by atoms with Gasteiger partial charge in [-0.1, -0.05) is 20.8 Å². The first-order chi connectivity index (χ1) is 8.69. The molecule has 18 heavy (non-hydrogen) atoms. The fraction of sp³-hybridized carbons (Fsp3) is 0.714. The van der Waals surface area contributed by atoms with E-state index in [9.17, 15) is 0 Å². The standard InChI is InChI=1S/C14H26N4/c1-5-15-11-13-10-12(4)16-14(17-13)8-9-18(6-2)7-3/h10,15H,5-9,11H2,1-4H3. The fourth-order valence-corrected chi connectivity index (χ4v) is 1.95. The highest BCUT2D eigenvalue weighted by molar-refractivity contribution is 5.10. The zero-order valence-corrected chi connectivity index (χ0v) is 12.2. The van der Waals surface area contributed by atoms with E-state index in [1.54, 1.807) is 0 Å². The van der Waals surface area contributed by atoms with E-state index in [1.807, 2.05) is 6.92 Å². The maximum atomic E-state index is 4.61. The van der Waals surface area contributed by atoms with Crippen molar-refractivity contribution in [1.82, 2.24) is 20.2 Å². The van der Waals surface area contributed by atoms with Gasteiger partial charge < -0.3 is 10.2 Å². The Morgan fingerprint density at radius 1 is 1.17 bits per heavy atom. The molecule has 0 aliphatic carbocycles. The lowest BCUT2D eigenvalue weighted by atomic mass is 10.3. The number of aryl methyl sites for hydroxylation is 1. The van der Waals surface area contributed by atoms with Crippen LogP contribution in [0.25, 0.3) is 0 Å². The second-order valence-electron chi connectivity index (χ2n) is 4.47. The van der Waals surface area contributed by atoms with Crippen LogP contribution in [0.1, 0.15) is 38.0 Å². The van der Waals surface area contributed by atoms with Crippen molar-refractivity contribution in [2.45, 2.75) is 40.7 Å². The van der Waals surface area contributed by atoms with E-state index in [-0.39, 0.29) is 0 Å². The molecule has 102 valence electrons. The van der Waals surface area contributed by atoms with E-state index in [0.717, 1.165) is 56.4 Å². The van der Waals surface area contributed by atoms with E-state index in [2.05, 4.69) is 47.0 Å². The molecule has 0 bridgehead atoms. The zero-order valence-electron chi connectivity index (χ0n) is 12.2. The topological polar surface area (TPSA) is 41.1 Å². The van der Waals surface area contributed by atoms with Gasteiger partial charge in [0.05, 0.1) is 5.69 Å². The van der Waals surface area contributed by atoms with Crippen LogP contribution in [-0.4, -0.2) is 41.0 Å². The number of likely N-dealkylation sites (N-methyl/N-ethyl adjacent to an activating group) is 1. The quantitative estimate of drug-likeness (QED) is 0.763. The lowest BCUT2D eigenvalue weighted by Gasteiger charge is -2.17. The Bertz CT molecular complexity index is 348. The van der Waals surface area contributed by atoms with Gasteiger partial charge in [-0.15, -0.1) is 0 Å². The van der Waals surface area contributed by atoms with E-state index in [0.29, 0.717) is 0 Å². The fourth-order valence-electron chi connectivity index (χ4n) is 1.95. The zero-order chi connectivity index (χ0) is 13.4. The Hall–Kier alpha value is -1.00. The van der Waals surface area contributed by atoms with Crippen LogP contribution in [0.15, 0.2) is 6.07 Å². The van der Waals surface area contributed by atoms with Crippen LogP contribution in [0.3, 0.4) is 0 Å². The molecule has 0 aliphatic heterocycles. The van der Waals surface area contributed by atoms with Gasteiger partial charge >= 0.3 is 0 Å². The predicted octanol–water partition coefficient (Wildman–Crippen LogP) is 1.78. The molecule has 1 N–H and O–H groups in total. The molecule has 0 unspecified atom stereocenters. The Morgan fingerprint density at radius 2 is 1.89 bits per heavy atom. The Morgan fingerprint density at radius 3 is 2.50 bits per heavy atom. The highest BCUT2D eigenvalue weighted by Crippen LogP contribution is 2.02. The molecule has 1 aromatic heterocycles. The van der Waals surface area contributed by atoms with Gasteiger partial charge in [-0.3, -0.25) is 0 Å². The third-order valence-electron chi connectivity index (χ3n) is 3.06. The van der Waals surface area contributed by atoms with Gasteiger partial charge in [0, 0.05) is 25.2 Å². The maximum absolute atomic E-state index is 4.61. The van der Waals surface area contributed by atoms with E-state index < -0.39 is 0 Å². The molecule has 0 radical (unpaired) electrons. The average molecular weight is 250 g/mol. The Labute approximate surface area is 111 Å². The molecule has 1 rings (SSSR count). The summed E-state index contributed by atoms with van der Waals surface area (Å²) in [6.45, 7) is 13.5. The molecule has 0 aliphatic rings. The third kappa shape index (κ3) is 5.10. The number of aromatic nitrogens is 2. The van der Waals surface area contributed by atoms with Crippen molar-refractivity contribution in [3.05, 3.63) is 23.3 Å². The van der Waals surface area contributed by atoms with Gasteiger partial charge in [0.2, 0.25) is 0 Å². The summed E-state index contributed by atoms with van der Waals surface area (Å²) in [7, 11) is 0. The van der Waals surface area contributed by atoms with Gasteiger partial charge in [-0.2, -0.15) is 0 Å². The molecule has 0 atom stereocenters. The lowest BCUT2D eigenvalue weighted by molar-refractivity contribution is 0.305. The van der Waals surface area contributed by atoms with Crippen LogP contribution in [0.5, 0.6) is 0 Å². The second kappa shape index (κ2) is 8.16. The lowest BCUT2D eigenvalue weighted by Crippen LogP contribution is -2.26. The van der Waals surface area contributed by atoms with Crippen LogP contribution < -0.4 is 5.32 Å². The number of hydrogen-bond acceptors (Lipinski definition) is 4. The molecule has 0 saturated carbocycles. The Kier molecular flexibility index (Phi) is 6.83. The summed E-state index contributed by atoms with van der Waals surface area (Å²) in [6.07, 6.45) is 0.933. The van der Waals surface area contributed by atoms with E-state index >= 15 is 0 Å². The first-order valence-electron chi connectivity index (χ1n) is 6.96. The van der Waals surface area contributed by atoms with Crippen molar-refractivity contribution in [3.63, 3.8) is 0 Å². The van der Waals surface area contributed by atoms with Crippen molar-refractivity contribution < 1.29 is 0 Å². The van der Waals surface area contributed by atoms with Crippen molar-refractivity contribution >= 4 is 0 Å². The molecular formula is C14H26N4. The highest BCUT2D eigenvalue weighted by atomic mass is 15.1. The van der Waals surface area contributed by atoms with E-state index in [4.69, 9.17) is 0 Å². The molecule has 0 spiro atoms. The van der Waals surface area contributed by atoms with Crippen molar-refractivity contribution in [2.75, 3.05) is 26.2 Å². The van der Waals surface area contributed by atoms with Crippen LogP contribution in [0.4, 0.5) is 0 Å². The smallest absolute Gasteiger partial charge is 0.130 e. The minimum Gasteiger partial charge on any atom is -0.311 e. The average Bonchev–Trinajstić information content (AvgIpc) is 2.37. The number of nitrogens with one attached hydrogen (secondary N) is 1. The second-order valence-corrected chi connectivity index (χ2v) is 4.47. The van der Waals surface area contributed by atoms with Gasteiger partial charge in [-0.25, -0.2) is 9.97 Å². The van der Waals surface area contributed by atoms with Gasteiger partial charge in [0.25, 0.3) is 0 Å². The molecule has 0 saturated heterocycles. The molecule has 1 heterocycles. The highest BCUT2D eigenvalue weighted by Gasteiger charge is 2.05. The summed E-state index contributed by atoms with van der Waals surface area (Å²) in [5, 5.41) is 3.31. The first-order valence-corrected chi connectivity index (χ1v) is 6.96. The van der Waals surface area contributed by atoms with Crippen molar-refractivity contribution in [3.8, 4) is 0 Å². The molecule has 0 fully saturated rings. The minimum atomic E-state index is 0.831. The molecule has 4 nitrogen and oxygen atoms in total. The van der Waals surface area contributed by atoms with E-state index in [1.165, 1.54) is 0 Å². The minimum absolute atomic E-state index is 0.831. The molecular weight excluding hydrogens is 224 g/mol. The predicted molar refractivity (Wildman–Crippen MR) is 75.6 cm³/mol. The largest absolute Gasteiger partial charge is 0.311 e. The summed E-state index contributed by atoms with van der Waals surface area (Å²) in [5.41, 5.74) is 2.16. The molecule has 0 aromatic carbocycles. The summed E-state index contributed by atoms with van der Waals surface area (Å²) >= 11 is 0. The summed E-state index contributed by atoms with van der Waals surface area (Å²) in [4.78, 5) is 11.5. The van der Waals surface area contributed by atoms with Gasteiger partial charge in [0.15, 0.2) is 0 Å². The maximum Gasteiger partial charge on any atom is 0.130 e. The van der Waals surface area contributed by atoms with Crippen LogP contribution in [0, 0.1) is 6.92 Å². The van der Waals surface area contributed by atoms with Gasteiger partial charge in [0.1, 0.15) is 5.82 Å². The molecule has 4 heteroatoms. The third-order valence-corrected chi connectivity index (χ3v) is 3.06. The molecule has 0 amide bonds. The Balaban J connectivity index is 2.61. The summed E-state index contributed by atoms with van der Waals surface area (Å²) in [5.74, 6) is 0.967. The number of nitrogens with zero attached hydrogens (tertiary/aromatic N) is 3.